The van der Waals surface area contributed by atoms with E-state index in [1.165, 1.54) is 12.8 Å². The van der Waals surface area contributed by atoms with Gasteiger partial charge >= 0.3 is 0 Å². The third-order valence-electron chi connectivity index (χ3n) is 2.96. The summed E-state index contributed by atoms with van der Waals surface area (Å²) >= 11 is 0. The first-order chi connectivity index (χ1) is 11.3. The summed E-state index contributed by atoms with van der Waals surface area (Å²) in [7, 11) is 0. The van der Waals surface area contributed by atoms with Gasteiger partial charge in [-0.2, -0.15) is 0 Å². The van der Waals surface area contributed by atoms with Crippen LogP contribution in [0.15, 0.2) is 30.6 Å². The van der Waals surface area contributed by atoms with Gasteiger partial charge in [0.25, 0.3) is 0 Å². The zero-order valence-electron chi connectivity index (χ0n) is 12.7. The van der Waals surface area contributed by atoms with Crippen LogP contribution in [0.25, 0.3) is 0 Å². The summed E-state index contributed by atoms with van der Waals surface area (Å²) in [5.74, 6) is -14.4. The topological polar surface area (TPSA) is 44.0 Å². The van der Waals surface area contributed by atoms with E-state index in [1.807, 2.05) is 6.07 Å². The van der Waals surface area contributed by atoms with Crippen molar-refractivity contribution in [2.45, 2.75) is 26.3 Å². The summed E-state index contributed by atoms with van der Waals surface area (Å²) in [4.78, 5) is 10.0. The van der Waals surface area contributed by atoms with E-state index < -0.39 is 40.6 Å². The Hall–Kier alpha value is -2.51. The summed E-state index contributed by atoms with van der Waals surface area (Å²) in [6.45, 7) is 3.36. The SMILES string of the molecule is CCCC[n+]1ccccc1.O=C([O-])c1c(F)c(F)c(F)c(F)c1F. The molecule has 0 fully saturated rings. The number of halogens is 5. The van der Waals surface area contributed by atoms with Gasteiger partial charge in [0.05, 0.1) is 11.5 Å². The summed E-state index contributed by atoms with van der Waals surface area (Å²) in [6.07, 6.45) is 6.75. The van der Waals surface area contributed by atoms with Gasteiger partial charge in [-0.3, -0.25) is 0 Å². The summed E-state index contributed by atoms with van der Waals surface area (Å²) in [5.41, 5.74) is -1.97. The van der Waals surface area contributed by atoms with Crippen LogP contribution in [0.1, 0.15) is 30.1 Å². The van der Waals surface area contributed by atoms with Gasteiger partial charge in [-0.1, -0.05) is 19.4 Å². The van der Waals surface area contributed by atoms with Gasteiger partial charge in [0.15, 0.2) is 35.7 Å². The van der Waals surface area contributed by atoms with Crippen LogP contribution in [0.4, 0.5) is 22.0 Å². The molecule has 8 heteroatoms. The summed E-state index contributed by atoms with van der Waals surface area (Å²) in [6, 6.07) is 6.17. The molecule has 0 unspecified atom stereocenters. The van der Waals surface area contributed by atoms with Gasteiger partial charge in [-0.25, -0.2) is 26.5 Å². The lowest BCUT2D eigenvalue weighted by molar-refractivity contribution is -0.697. The van der Waals surface area contributed by atoms with Crippen molar-refractivity contribution in [2.24, 2.45) is 0 Å². The number of aromatic nitrogens is 1. The molecule has 0 atom stereocenters. The van der Waals surface area contributed by atoms with E-state index in [9.17, 15) is 31.9 Å². The fourth-order valence-corrected chi connectivity index (χ4v) is 1.71. The number of aromatic carboxylic acids is 1. The maximum atomic E-state index is 12.5. The molecule has 0 radical (unpaired) electrons. The molecule has 0 bridgehead atoms. The highest BCUT2D eigenvalue weighted by Gasteiger charge is 2.25. The van der Waals surface area contributed by atoms with E-state index in [0.717, 1.165) is 6.54 Å². The molecule has 0 amide bonds. The molecule has 1 aromatic heterocycles. The molecule has 2 rings (SSSR count). The van der Waals surface area contributed by atoms with Crippen LogP contribution in [-0.2, 0) is 6.54 Å². The molecule has 1 aromatic carbocycles. The zero-order chi connectivity index (χ0) is 18.3. The third kappa shape index (κ3) is 4.74. The van der Waals surface area contributed by atoms with Crippen molar-refractivity contribution >= 4 is 5.97 Å². The molecule has 0 saturated heterocycles. The number of hydrogen-bond acceptors (Lipinski definition) is 2. The first-order valence-corrected chi connectivity index (χ1v) is 6.98. The Labute approximate surface area is 135 Å². The van der Waals surface area contributed by atoms with E-state index in [0.29, 0.717) is 0 Å². The molecule has 24 heavy (non-hydrogen) atoms. The van der Waals surface area contributed by atoms with Crippen LogP contribution >= 0.6 is 0 Å². The van der Waals surface area contributed by atoms with Crippen molar-refractivity contribution in [1.29, 1.82) is 0 Å². The maximum Gasteiger partial charge on any atom is 0.200 e. The number of aryl methyl sites for hydroxylation is 1. The minimum atomic E-state index is -2.47. The number of hydrogen-bond donors (Lipinski definition) is 0. The highest BCUT2D eigenvalue weighted by Crippen LogP contribution is 2.22. The lowest BCUT2D eigenvalue weighted by Gasteiger charge is -2.07. The van der Waals surface area contributed by atoms with Crippen molar-refractivity contribution in [3.05, 3.63) is 65.2 Å². The molecule has 0 N–H and O–H groups in total. The number of unbranched alkanes of at least 4 members (excludes halogenated alkanes) is 1. The normalized spacial score (nSPS) is 10.1. The minimum absolute atomic E-state index is 1.15. The second kappa shape index (κ2) is 8.95. The van der Waals surface area contributed by atoms with Gasteiger partial charge in [-0.05, 0) is 0 Å². The highest BCUT2D eigenvalue weighted by molar-refractivity contribution is 5.86. The number of benzene rings is 1. The van der Waals surface area contributed by atoms with Crippen LogP contribution in [-0.4, -0.2) is 5.97 Å². The molecule has 0 aliphatic rings. The van der Waals surface area contributed by atoms with Crippen molar-refractivity contribution < 1.29 is 36.4 Å². The quantitative estimate of drug-likeness (QED) is 0.369. The zero-order valence-corrected chi connectivity index (χ0v) is 12.7. The number of pyridine rings is 1. The van der Waals surface area contributed by atoms with Crippen molar-refractivity contribution in [3.63, 3.8) is 0 Å². The first-order valence-electron chi connectivity index (χ1n) is 6.98. The van der Waals surface area contributed by atoms with Gasteiger partial charge in [0.1, 0.15) is 6.54 Å². The fraction of sp³-hybridized carbons (Fsp3) is 0.250. The summed E-state index contributed by atoms with van der Waals surface area (Å²) in [5, 5.41) is 10.0. The van der Waals surface area contributed by atoms with Gasteiger partial charge in [0, 0.05) is 18.6 Å². The molecule has 0 saturated carbocycles. The molecule has 1 heterocycles. The number of carboxylic acids is 1. The van der Waals surface area contributed by atoms with Gasteiger partial charge < -0.3 is 9.90 Å². The third-order valence-corrected chi connectivity index (χ3v) is 2.96. The van der Waals surface area contributed by atoms with E-state index in [4.69, 9.17) is 0 Å². The van der Waals surface area contributed by atoms with Gasteiger partial charge in [-0.15, -0.1) is 0 Å². The Morgan fingerprint density at radius 1 is 0.917 bits per heavy atom. The largest absolute Gasteiger partial charge is 0.545 e. The maximum absolute atomic E-state index is 12.5. The minimum Gasteiger partial charge on any atom is -0.545 e. The Bertz CT molecular complexity index is 678. The van der Waals surface area contributed by atoms with E-state index in [2.05, 4.69) is 36.0 Å². The Kier molecular flexibility index (Phi) is 7.29. The van der Waals surface area contributed by atoms with Crippen molar-refractivity contribution in [1.82, 2.24) is 0 Å². The number of nitrogens with zero attached hydrogens (tertiary/aromatic N) is 1. The fourth-order valence-electron chi connectivity index (χ4n) is 1.71. The number of rotatable bonds is 4. The van der Waals surface area contributed by atoms with Crippen LogP contribution < -0.4 is 9.67 Å². The molecule has 0 aliphatic heterocycles. The molecule has 130 valence electrons. The van der Waals surface area contributed by atoms with Crippen molar-refractivity contribution in [2.75, 3.05) is 0 Å². The Balaban J connectivity index is 0.000000254. The number of carboxylic acid groups (broad SMARTS) is 1. The smallest absolute Gasteiger partial charge is 0.200 e. The molecular formula is C16H14F5NO2. The van der Waals surface area contributed by atoms with Crippen LogP contribution in [0.5, 0.6) is 0 Å². The second-order valence-corrected chi connectivity index (χ2v) is 4.70. The predicted octanol–water partition coefficient (Wildman–Crippen LogP) is 2.52. The molecular weight excluding hydrogens is 333 g/mol. The molecule has 3 nitrogen and oxygen atoms in total. The first kappa shape index (κ1) is 19.5. The monoisotopic (exact) mass is 347 g/mol. The standard InChI is InChI=1S/C9H14N.C7HF5O2/c1-2-3-7-10-8-5-4-6-9-10;8-2-1(7(13)14)3(9)5(11)6(12)4(2)10/h4-6,8-9H,2-3,7H2,1H3;(H,13,14)/q+1;/p-1. The van der Waals surface area contributed by atoms with E-state index >= 15 is 0 Å². The van der Waals surface area contributed by atoms with Crippen molar-refractivity contribution in [3.8, 4) is 0 Å². The number of carbonyl (C=O) groups excluding carboxylic acids is 1. The van der Waals surface area contributed by atoms with Crippen LogP contribution in [0, 0.1) is 29.1 Å². The highest BCUT2D eigenvalue weighted by atomic mass is 19.2. The molecule has 0 spiro atoms. The molecule has 2 aromatic rings. The van der Waals surface area contributed by atoms with Crippen LogP contribution in [0.2, 0.25) is 0 Å². The average Bonchev–Trinajstić information content (AvgIpc) is 2.58. The Morgan fingerprint density at radius 2 is 1.38 bits per heavy atom. The summed E-state index contributed by atoms with van der Waals surface area (Å²) < 4.78 is 64.2. The van der Waals surface area contributed by atoms with Gasteiger partial charge in [0.2, 0.25) is 5.82 Å². The second-order valence-electron chi connectivity index (χ2n) is 4.70. The van der Waals surface area contributed by atoms with E-state index in [1.54, 1.807) is 0 Å². The van der Waals surface area contributed by atoms with Crippen LogP contribution in [0.3, 0.4) is 0 Å². The molecule has 0 aliphatic carbocycles. The van der Waals surface area contributed by atoms with E-state index in [-0.39, 0.29) is 0 Å². The Morgan fingerprint density at radius 3 is 1.79 bits per heavy atom. The predicted molar refractivity (Wildman–Crippen MR) is 72.1 cm³/mol. The lowest BCUT2D eigenvalue weighted by Crippen LogP contribution is -2.31. The average molecular weight is 347 g/mol. The number of carbonyl (C=O) groups is 1. The lowest BCUT2D eigenvalue weighted by atomic mass is 10.1.